The van der Waals surface area contributed by atoms with Gasteiger partial charge in [0, 0.05) is 23.7 Å². The van der Waals surface area contributed by atoms with E-state index < -0.39 is 0 Å². The van der Waals surface area contributed by atoms with Crippen LogP contribution in [0.5, 0.6) is 0 Å². The van der Waals surface area contributed by atoms with Crippen molar-refractivity contribution in [2.45, 2.75) is 46.2 Å². The SMILES string of the molecule is CCN(CC)c1ccc([C@H]2NC(=O)c3c(sc4c3CC[C@H](C)C4)N2)cc1. The molecule has 2 aromatic rings. The van der Waals surface area contributed by atoms with Crippen molar-refractivity contribution in [1.29, 1.82) is 0 Å². The summed E-state index contributed by atoms with van der Waals surface area (Å²) in [6, 6.07) is 8.53. The van der Waals surface area contributed by atoms with E-state index >= 15 is 0 Å². The quantitative estimate of drug-likeness (QED) is 0.829. The fraction of sp³-hybridized carbons (Fsp3) is 0.476. The van der Waals surface area contributed by atoms with Crippen molar-refractivity contribution < 1.29 is 4.79 Å². The van der Waals surface area contributed by atoms with Gasteiger partial charge in [-0.15, -0.1) is 11.3 Å². The van der Waals surface area contributed by atoms with Crippen LogP contribution in [0.15, 0.2) is 24.3 Å². The van der Waals surface area contributed by atoms with Gasteiger partial charge in [-0.25, -0.2) is 0 Å². The summed E-state index contributed by atoms with van der Waals surface area (Å²) in [7, 11) is 0. The Hall–Kier alpha value is -2.01. The normalized spacial score (nSPS) is 21.4. The zero-order valence-electron chi connectivity index (χ0n) is 15.8. The highest BCUT2D eigenvalue weighted by Crippen LogP contribution is 2.42. The Bertz CT molecular complexity index is 807. The van der Waals surface area contributed by atoms with Crippen LogP contribution in [0.4, 0.5) is 10.7 Å². The molecule has 0 saturated carbocycles. The van der Waals surface area contributed by atoms with Gasteiger partial charge in [0.05, 0.1) is 5.56 Å². The minimum atomic E-state index is -0.154. The molecule has 0 saturated heterocycles. The minimum Gasteiger partial charge on any atom is -0.372 e. The molecule has 4 rings (SSSR count). The molecule has 1 aromatic carbocycles. The molecule has 0 bridgehead atoms. The monoisotopic (exact) mass is 369 g/mol. The van der Waals surface area contributed by atoms with Gasteiger partial charge in [0.15, 0.2) is 0 Å². The number of nitrogens with zero attached hydrogens (tertiary/aromatic N) is 1. The van der Waals surface area contributed by atoms with Crippen LogP contribution >= 0.6 is 11.3 Å². The molecule has 1 aliphatic heterocycles. The molecule has 26 heavy (non-hydrogen) atoms. The van der Waals surface area contributed by atoms with Crippen molar-refractivity contribution in [3.05, 3.63) is 45.8 Å². The molecule has 5 heteroatoms. The summed E-state index contributed by atoms with van der Waals surface area (Å²) in [6.45, 7) is 8.63. The first kappa shape index (κ1) is 17.4. The summed E-state index contributed by atoms with van der Waals surface area (Å²) >= 11 is 1.78. The van der Waals surface area contributed by atoms with Crippen LogP contribution in [-0.2, 0) is 12.8 Å². The number of hydrogen-bond donors (Lipinski definition) is 2. The van der Waals surface area contributed by atoms with Gasteiger partial charge in [-0.3, -0.25) is 4.79 Å². The number of carbonyl (C=O) groups excluding carboxylic acids is 1. The molecule has 2 N–H and O–H groups in total. The van der Waals surface area contributed by atoms with E-state index in [1.165, 1.54) is 22.5 Å². The van der Waals surface area contributed by atoms with Crippen LogP contribution in [0, 0.1) is 5.92 Å². The number of nitrogens with one attached hydrogen (secondary N) is 2. The maximum atomic E-state index is 12.8. The summed E-state index contributed by atoms with van der Waals surface area (Å²) in [5.41, 5.74) is 4.50. The molecule has 1 aliphatic carbocycles. The second kappa shape index (κ2) is 6.95. The van der Waals surface area contributed by atoms with Crippen molar-refractivity contribution in [3.8, 4) is 0 Å². The highest BCUT2D eigenvalue weighted by atomic mass is 32.1. The van der Waals surface area contributed by atoms with Crippen LogP contribution in [0.25, 0.3) is 0 Å². The fourth-order valence-corrected chi connectivity index (χ4v) is 5.53. The number of benzene rings is 1. The summed E-state index contributed by atoms with van der Waals surface area (Å²) < 4.78 is 0. The molecule has 1 aromatic heterocycles. The first-order chi connectivity index (χ1) is 12.6. The van der Waals surface area contributed by atoms with E-state index in [1.54, 1.807) is 11.3 Å². The maximum Gasteiger partial charge on any atom is 0.256 e. The first-order valence-electron chi connectivity index (χ1n) is 9.67. The van der Waals surface area contributed by atoms with E-state index in [9.17, 15) is 4.79 Å². The molecule has 2 heterocycles. The molecule has 2 aliphatic rings. The van der Waals surface area contributed by atoms with Gasteiger partial charge < -0.3 is 15.5 Å². The standard InChI is InChI=1S/C21H27N3OS/c1-4-24(5-2)15-9-7-14(8-10-15)19-22-20(25)18-16-11-6-13(3)12-17(16)26-21(18)23-19/h7-10,13,19,23H,4-6,11-12H2,1-3H3,(H,22,25)/t13-,19-/m0/s1. The number of amides is 1. The topological polar surface area (TPSA) is 44.4 Å². The van der Waals surface area contributed by atoms with E-state index in [4.69, 9.17) is 0 Å². The lowest BCUT2D eigenvalue weighted by molar-refractivity contribution is 0.0935. The average molecular weight is 370 g/mol. The Morgan fingerprint density at radius 1 is 1.15 bits per heavy atom. The molecule has 0 fully saturated rings. The van der Waals surface area contributed by atoms with Crippen molar-refractivity contribution in [2.75, 3.05) is 23.3 Å². The Labute approximate surface area is 159 Å². The van der Waals surface area contributed by atoms with Crippen LogP contribution in [-0.4, -0.2) is 19.0 Å². The third-order valence-electron chi connectivity index (χ3n) is 5.64. The summed E-state index contributed by atoms with van der Waals surface area (Å²) in [4.78, 5) is 16.5. The summed E-state index contributed by atoms with van der Waals surface area (Å²) in [5.74, 6) is 0.790. The Kier molecular flexibility index (Phi) is 4.65. The Balaban J connectivity index is 1.58. The van der Waals surface area contributed by atoms with E-state index in [2.05, 4.69) is 60.6 Å². The molecule has 1 amide bonds. The molecule has 2 atom stereocenters. The highest BCUT2D eigenvalue weighted by Gasteiger charge is 2.33. The van der Waals surface area contributed by atoms with E-state index in [0.29, 0.717) is 5.92 Å². The van der Waals surface area contributed by atoms with Crippen LogP contribution in [0.2, 0.25) is 0 Å². The molecular formula is C21H27N3OS. The van der Waals surface area contributed by atoms with E-state index in [-0.39, 0.29) is 12.1 Å². The minimum absolute atomic E-state index is 0.0728. The van der Waals surface area contributed by atoms with Crippen LogP contribution < -0.4 is 15.5 Å². The molecule has 138 valence electrons. The van der Waals surface area contributed by atoms with Crippen LogP contribution in [0.1, 0.15) is 59.7 Å². The van der Waals surface area contributed by atoms with Crippen molar-refractivity contribution in [3.63, 3.8) is 0 Å². The van der Waals surface area contributed by atoms with Crippen LogP contribution in [0.3, 0.4) is 0 Å². The summed E-state index contributed by atoms with van der Waals surface area (Å²) in [5, 5.41) is 7.77. The van der Waals surface area contributed by atoms with Gasteiger partial charge in [0.1, 0.15) is 11.2 Å². The second-order valence-corrected chi connectivity index (χ2v) is 8.48. The molecule has 0 spiro atoms. The number of carbonyl (C=O) groups is 1. The van der Waals surface area contributed by atoms with Crippen molar-refractivity contribution >= 4 is 27.9 Å². The van der Waals surface area contributed by atoms with Gasteiger partial charge in [0.25, 0.3) is 5.91 Å². The zero-order valence-corrected chi connectivity index (χ0v) is 16.6. The smallest absolute Gasteiger partial charge is 0.256 e. The molecule has 4 nitrogen and oxygen atoms in total. The maximum absolute atomic E-state index is 12.8. The molecule has 0 unspecified atom stereocenters. The number of thiophene rings is 1. The highest BCUT2D eigenvalue weighted by molar-refractivity contribution is 7.16. The predicted octanol–water partition coefficient (Wildman–Crippen LogP) is 4.57. The lowest BCUT2D eigenvalue weighted by Gasteiger charge is -2.28. The van der Waals surface area contributed by atoms with Crippen molar-refractivity contribution in [2.24, 2.45) is 5.92 Å². The Morgan fingerprint density at radius 3 is 2.58 bits per heavy atom. The summed E-state index contributed by atoms with van der Waals surface area (Å²) in [6.07, 6.45) is 3.16. The number of rotatable bonds is 4. The van der Waals surface area contributed by atoms with E-state index in [1.807, 2.05) is 0 Å². The molecule has 0 radical (unpaired) electrons. The molecular weight excluding hydrogens is 342 g/mol. The Morgan fingerprint density at radius 2 is 1.88 bits per heavy atom. The number of fused-ring (bicyclic) bond motifs is 3. The zero-order chi connectivity index (χ0) is 18.3. The average Bonchev–Trinajstić information content (AvgIpc) is 3.01. The van der Waals surface area contributed by atoms with Gasteiger partial charge >= 0.3 is 0 Å². The van der Waals surface area contributed by atoms with Gasteiger partial charge in [0.2, 0.25) is 0 Å². The predicted molar refractivity (Wildman–Crippen MR) is 109 cm³/mol. The first-order valence-corrected chi connectivity index (χ1v) is 10.5. The third kappa shape index (κ3) is 2.98. The van der Waals surface area contributed by atoms with Crippen molar-refractivity contribution in [1.82, 2.24) is 5.32 Å². The number of hydrogen-bond acceptors (Lipinski definition) is 4. The lowest BCUT2D eigenvalue weighted by Crippen LogP contribution is -2.38. The van der Waals surface area contributed by atoms with Gasteiger partial charge in [-0.2, -0.15) is 0 Å². The van der Waals surface area contributed by atoms with Gasteiger partial charge in [-0.1, -0.05) is 19.1 Å². The van der Waals surface area contributed by atoms with E-state index in [0.717, 1.165) is 42.1 Å². The lowest BCUT2D eigenvalue weighted by atomic mass is 9.88. The number of anilines is 2. The van der Waals surface area contributed by atoms with Gasteiger partial charge in [-0.05, 0) is 62.3 Å². The third-order valence-corrected chi connectivity index (χ3v) is 6.83. The second-order valence-electron chi connectivity index (χ2n) is 7.37. The fourth-order valence-electron chi connectivity index (χ4n) is 4.10. The largest absolute Gasteiger partial charge is 0.372 e.